The first-order valence-electron chi connectivity index (χ1n) is 9.15. The SMILES string of the molecule is COc1ccc(C(=O)[C@@H](C)OC(=O)[C@H]2CC(=O)N(c3ccc(C)cc3)C2)cc1. The Morgan fingerprint density at radius 2 is 1.71 bits per heavy atom. The van der Waals surface area contributed by atoms with Crippen molar-refractivity contribution in [1.29, 1.82) is 0 Å². The molecule has 0 unspecified atom stereocenters. The highest BCUT2D eigenvalue weighted by molar-refractivity contribution is 6.02. The van der Waals surface area contributed by atoms with Crippen LogP contribution in [-0.4, -0.2) is 37.4 Å². The number of amides is 1. The van der Waals surface area contributed by atoms with E-state index >= 15 is 0 Å². The Hall–Kier alpha value is -3.15. The van der Waals surface area contributed by atoms with Crippen molar-refractivity contribution in [2.24, 2.45) is 5.92 Å². The molecule has 1 fully saturated rings. The number of rotatable bonds is 6. The predicted molar refractivity (Wildman–Crippen MR) is 105 cm³/mol. The molecule has 6 nitrogen and oxygen atoms in total. The molecule has 2 atom stereocenters. The van der Waals surface area contributed by atoms with E-state index in [4.69, 9.17) is 9.47 Å². The summed E-state index contributed by atoms with van der Waals surface area (Å²) in [5.41, 5.74) is 2.29. The van der Waals surface area contributed by atoms with E-state index in [1.807, 2.05) is 31.2 Å². The minimum absolute atomic E-state index is 0.0795. The summed E-state index contributed by atoms with van der Waals surface area (Å²) in [4.78, 5) is 38.9. The van der Waals surface area contributed by atoms with Crippen LogP contribution in [0.25, 0.3) is 0 Å². The molecular formula is C22H23NO5. The molecule has 2 aromatic carbocycles. The Balaban J connectivity index is 1.61. The lowest BCUT2D eigenvalue weighted by Gasteiger charge is -2.18. The molecule has 0 saturated carbocycles. The van der Waals surface area contributed by atoms with Crippen molar-refractivity contribution in [3.63, 3.8) is 0 Å². The van der Waals surface area contributed by atoms with Gasteiger partial charge < -0.3 is 14.4 Å². The van der Waals surface area contributed by atoms with Gasteiger partial charge in [0, 0.05) is 24.2 Å². The maximum Gasteiger partial charge on any atom is 0.312 e. The Labute approximate surface area is 164 Å². The van der Waals surface area contributed by atoms with Gasteiger partial charge in [-0.05, 0) is 50.2 Å². The molecule has 0 aromatic heterocycles. The fourth-order valence-electron chi connectivity index (χ4n) is 3.15. The molecule has 0 bridgehead atoms. The van der Waals surface area contributed by atoms with Crippen molar-refractivity contribution in [2.45, 2.75) is 26.4 Å². The maximum absolute atomic E-state index is 12.5. The van der Waals surface area contributed by atoms with E-state index < -0.39 is 18.0 Å². The molecule has 0 spiro atoms. The summed E-state index contributed by atoms with van der Waals surface area (Å²) >= 11 is 0. The Kier molecular flexibility index (Phi) is 5.78. The number of hydrogen-bond acceptors (Lipinski definition) is 5. The van der Waals surface area contributed by atoms with E-state index in [0.29, 0.717) is 11.3 Å². The second-order valence-corrected chi connectivity index (χ2v) is 6.91. The van der Waals surface area contributed by atoms with Crippen LogP contribution in [-0.2, 0) is 14.3 Å². The average molecular weight is 381 g/mol. The van der Waals surface area contributed by atoms with E-state index in [1.54, 1.807) is 43.2 Å². The number of methoxy groups -OCH3 is 1. The zero-order chi connectivity index (χ0) is 20.3. The number of esters is 1. The summed E-state index contributed by atoms with van der Waals surface area (Å²) in [6.07, 6.45) is -0.847. The number of benzene rings is 2. The first-order chi connectivity index (χ1) is 13.4. The van der Waals surface area contributed by atoms with Crippen molar-refractivity contribution in [2.75, 3.05) is 18.6 Å². The molecule has 1 heterocycles. The van der Waals surface area contributed by atoms with Crippen LogP contribution in [0.1, 0.15) is 29.3 Å². The standard InChI is InChI=1S/C22H23NO5/c1-14-4-8-18(9-5-14)23-13-17(12-20(23)24)22(26)28-15(2)21(25)16-6-10-19(27-3)11-7-16/h4-11,15,17H,12-13H2,1-3H3/t15-,17+/m1/s1. The first-order valence-corrected chi connectivity index (χ1v) is 9.15. The minimum atomic E-state index is -0.926. The molecule has 0 N–H and O–H groups in total. The Bertz CT molecular complexity index is 873. The molecule has 0 radical (unpaired) electrons. The number of carbonyl (C=O) groups excluding carboxylic acids is 3. The summed E-state index contributed by atoms with van der Waals surface area (Å²) in [5.74, 6) is -0.894. The van der Waals surface area contributed by atoms with E-state index in [9.17, 15) is 14.4 Å². The molecule has 3 rings (SSSR count). The second-order valence-electron chi connectivity index (χ2n) is 6.91. The van der Waals surface area contributed by atoms with Crippen LogP contribution in [0.2, 0.25) is 0 Å². The molecule has 0 aliphatic carbocycles. The van der Waals surface area contributed by atoms with Gasteiger partial charge in [-0.15, -0.1) is 0 Å². The first kappa shape index (κ1) is 19.6. The third kappa shape index (κ3) is 4.22. The van der Waals surface area contributed by atoms with Gasteiger partial charge in [0.05, 0.1) is 13.0 Å². The Morgan fingerprint density at radius 3 is 2.32 bits per heavy atom. The number of carbonyl (C=O) groups is 3. The number of anilines is 1. The van der Waals surface area contributed by atoms with Crippen molar-refractivity contribution >= 4 is 23.3 Å². The number of nitrogens with zero attached hydrogens (tertiary/aromatic N) is 1. The van der Waals surface area contributed by atoms with Crippen LogP contribution < -0.4 is 9.64 Å². The van der Waals surface area contributed by atoms with Crippen LogP contribution in [0, 0.1) is 12.8 Å². The van der Waals surface area contributed by atoms with Crippen molar-refractivity contribution < 1.29 is 23.9 Å². The molecular weight excluding hydrogens is 358 g/mol. The van der Waals surface area contributed by atoms with Crippen LogP contribution in [0.4, 0.5) is 5.69 Å². The lowest BCUT2D eigenvalue weighted by atomic mass is 10.1. The number of ether oxygens (including phenoxy) is 2. The van der Waals surface area contributed by atoms with E-state index in [0.717, 1.165) is 11.3 Å². The lowest BCUT2D eigenvalue weighted by molar-refractivity contribution is -0.151. The monoisotopic (exact) mass is 381 g/mol. The molecule has 1 aliphatic rings. The van der Waals surface area contributed by atoms with Crippen LogP contribution in [0.3, 0.4) is 0 Å². The highest BCUT2D eigenvalue weighted by Crippen LogP contribution is 2.26. The van der Waals surface area contributed by atoms with Gasteiger partial charge in [0.15, 0.2) is 6.10 Å². The van der Waals surface area contributed by atoms with Crippen LogP contribution >= 0.6 is 0 Å². The van der Waals surface area contributed by atoms with Crippen LogP contribution in [0.5, 0.6) is 5.75 Å². The molecule has 146 valence electrons. The van der Waals surface area contributed by atoms with Crippen molar-refractivity contribution in [1.82, 2.24) is 0 Å². The largest absolute Gasteiger partial charge is 0.497 e. The normalized spacial score (nSPS) is 17.3. The zero-order valence-electron chi connectivity index (χ0n) is 16.2. The molecule has 1 aliphatic heterocycles. The van der Waals surface area contributed by atoms with Crippen LogP contribution in [0.15, 0.2) is 48.5 Å². The number of aryl methyl sites for hydroxylation is 1. The van der Waals surface area contributed by atoms with E-state index in [-0.39, 0.29) is 24.7 Å². The van der Waals surface area contributed by atoms with Gasteiger partial charge in [-0.1, -0.05) is 17.7 Å². The quantitative estimate of drug-likeness (QED) is 0.568. The van der Waals surface area contributed by atoms with Gasteiger partial charge in [0.25, 0.3) is 0 Å². The van der Waals surface area contributed by atoms with Gasteiger partial charge in [-0.3, -0.25) is 14.4 Å². The number of hydrogen-bond donors (Lipinski definition) is 0. The predicted octanol–water partition coefficient (Wildman–Crippen LogP) is 3.17. The van der Waals surface area contributed by atoms with Gasteiger partial charge in [-0.2, -0.15) is 0 Å². The highest BCUT2D eigenvalue weighted by Gasteiger charge is 2.37. The fraction of sp³-hybridized carbons (Fsp3) is 0.318. The topological polar surface area (TPSA) is 72.9 Å². The molecule has 1 amide bonds. The third-order valence-corrected chi connectivity index (χ3v) is 4.84. The summed E-state index contributed by atoms with van der Waals surface area (Å²) in [6.45, 7) is 3.76. The fourth-order valence-corrected chi connectivity index (χ4v) is 3.15. The second kappa shape index (κ2) is 8.25. The molecule has 28 heavy (non-hydrogen) atoms. The highest BCUT2D eigenvalue weighted by atomic mass is 16.5. The summed E-state index contributed by atoms with van der Waals surface area (Å²) in [5, 5.41) is 0. The maximum atomic E-state index is 12.5. The number of Topliss-reactive ketones (excluding diaryl/α,β-unsaturated/α-hetero) is 1. The third-order valence-electron chi connectivity index (χ3n) is 4.84. The Morgan fingerprint density at radius 1 is 1.07 bits per heavy atom. The van der Waals surface area contributed by atoms with E-state index in [2.05, 4.69) is 0 Å². The summed E-state index contributed by atoms with van der Waals surface area (Å²) in [6, 6.07) is 14.2. The van der Waals surface area contributed by atoms with Gasteiger partial charge in [-0.25, -0.2) is 0 Å². The summed E-state index contributed by atoms with van der Waals surface area (Å²) < 4.78 is 10.4. The van der Waals surface area contributed by atoms with Gasteiger partial charge in [0.2, 0.25) is 11.7 Å². The smallest absolute Gasteiger partial charge is 0.312 e. The summed E-state index contributed by atoms with van der Waals surface area (Å²) in [7, 11) is 1.55. The lowest BCUT2D eigenvalue weighted by Crippen LogP contribution is -2.30. The molecule has 6 heteroatoms. The van der Waals surface area contributed by atoms with Gasteiger partial charge >= 0.3 is 5.97 Å². The minimum Gasteiger partial charge on any atom is -0.497 e. The average Bonchev–Trinajstić information content (AvgIpc) is 3.10. The molecule has 2 aromatic rings. The van der Waals surface area contributed by atoms with Crippen molar-refractivity contribution in [3.8, 4) is 5.75 Å². The number of ketones is 1. The van der Waals surface area contributed by atoms with E-state index in [1.165, 1.54) is 0 Å². The zero-order valence-corrected chi connectivity index (χ0v) is 16.2. The molecule has 1 saturated heterocycles. The van der Waals surface area contributed by atoms with Gasteiger partial charge in [0.1, 0.15) is 5.75 Å². The van der Waals surface area contributed by atoms with Crippen molar-refractivity contribution in [3.05, 3.63) is 59.7 Å².